The van der Waals surface area contributed by atoms with Gasteiger partial charge in [0.15, 0.2) is 0 Å². The van der Waals surface area contributed by atoms with Crippen molar-refractivity contribution in [3.8, 4) is 0 Å². The number of nitrogens with one attached hydrogen (secondary N) is 1. The highest BCUT2D eigenvalue weighted by atomic mass is 32.1. The summed E-state index contributed by atoms with van der Waals surface area (Å²) in [6.07, 6.45) is 4.26. The normalized spacial score (nSPS) is 37.4. The molecule has 13 heavy (non-hydrogen) atoms. The first-order valence-corrected chi connectivity index (χ1v) is 5.26. The number of hydrazine groups is 1. The molecule has 2 unspecified atom stereocenters. The van der Waals surface area contributed by atoms with Crippen molar-refractivity contribution >= 4 is 13.5 Å². The molecule has 1 aliphatic carbocycles. The van der Waals surface area contributed by atoms with Crippen LogP contribution in [0.1, 0.15) is 41.5 Å². The lowest BCUT2D eigenvalue weighted by Crippen LogP contribution is -2.51. The molecule has 3 heteroatoms. The van der Waals surface area contributed by atoms with E-state index in [1.165, 1.54) is 19.3 Å². The van der Waals surface area contributed by atoms with Crippen LogP contribution in [0, 0.1) is 5.92 Å². The van der Waals surface area contributed by atoms with Crippen LogP contribution in [-0.2, 0) is 0 Å². The Bertz CT molecular complexity index is 132. The highest BCUT2D eigenvalue weighted by Crippen LogP contribution is 2.34. The van der Waals surface area contributed by atoms with Gasteiger partial charge in [0.05, 0.1) is 0 Å². The molecule has 1 aliphatic heterocycles. The first kappa shape index (κ1) is 13.3. The molecule has 1 saturated heterocycles. The molecule has 0 spiro atoms. The van der Waals surface area contributed by atoms with Crippen molar-refractivity contribution in [3.63, 3.8) is 0 Å². The zero-order valence-electron chi connectivity index (χ0n) is 9.30. The van der Waals surface area contributed by atoms with Crippen LogP contribution >= 0.6 is 13.5 Å². The number of hydrogen-bond donors (Lipinski definition) is 1. The Morgan fingerprint density at radius 1 is 1.31 bits per heavy atom. The summed E-state index contributed by atoms with van der Waals surface area (Å²) in [5.74, 6) is 0.959. The fourth-order valence-electron chi connectivity index (χ4n) is 2.33. The lowest BCUT2D eigenvalue weighted by atomic mass is 9.98. The van der Waals surface area contributed by atoms with Crippen molar-refractivity contribution < 1.29 is 1.43 Å². The molecule has 3 atom stereocenters. The van der Waals surface area contributed by atoms with Gasteiger partial charge in [-0.05, 0) is 32.1 Å². The van der Waals surface area contributed by atoms with Crippen molar-refractivity contribution in [2.45, 2.75) is 52.1 Å². The Morgan fingerprint density at radius 3 is 2.54 bits per heavy atom. The molecular weight excluding hydrogens is 180 g/mol. The maximum absolute atomic E-state index is 3.47. The first-order chi connectivity index (χ1) is 5.77. The van der Waals surface area contributed by atoms with Crippen molar-refractivity contribution in [1.82, 2.24) is 10.4 Å². The molecule has 0 aromatic heterocycles. The van der Waals surface area contributed by atoms with Gasteiger partial charge in [-0.3, -0.25) is 5.43 Å². The SMILES string of the molecule is CC.C[C@@H]1NN(C)C2CCC1C2.S.[HH]. The molecule has 2 fully saturated rings. The van der Waals surface area contributed by atoms with Crippen LogP contribution < -0.4 is 5.43 Å². The Labute approximate surface area is 91.0 Å². The summed E-state index contributed by atoms with van der Waals surface area (Å²) in [6, 6.07) is 1.55. The third-order valence-electron chi connectivity index (χ3n) is 3.11. The minimum Gasteiger partial charge on any atom is -0.252 e. The van der Waals surface area contributed by atoms with E-state index < -0.39 is 0 Å². The predicted octanol–water partition coefficient (Wildman–Crippen LogP) is 2.38. The summed E-state index contributed by atoms with van der Waals surface area (Å²) in [7, 11) is 2.17. The van der Waals surface area contributed by atoms with E-state index in [0.29, 0.717) is 6.04 Å². The van der Waals surface area contributed by atoms with E-state index >= 15 is 0 Å². The fraction of sp³-hybridized carbons (Fsp3) is 1.00. The van der Waals surface area contributed by atoms with E-state index in [4.69, 9.17) is 0 Å². The highest BCUT2D eigenvalue weighted by Gasteiger charge is 2.36. The average Bonchev–Trinajstić information content (AvgIpc) is 2.51. The zero-order valence-corrected chi connectivity index (χ0v) is 10.3. The summed E-state index contributed by atoms with van der Waals surface area (Å²) in [5, 5.41) is 2.30. The van der Waals surface area contributed by atoms with Crippen LogP contribution in [-0.4, -0.2) is 24.1 Å². The Hall–Kier alpha value is 0.270. The van der Waals surface area contributed by atoms with Gasteiger partial charge in [0, 0.05) is 20.6 Å². The van der Waals surface area contributed by atoms with E-state index in [2.05, 4.69) is 24.4 Å². The maximum Gasteiger partial charge on any atom is 0.0243 e. The molecule has 0 amide bonds. The Balaban J connectivity index is 0. The second-order valence-electron chi connectivity index (χ2n) is 3.76. The smallest absolute Gasteiger partial charge is 0.0243 e. The Morgan fingerprint density at radius 2 is 1.92 bits per heavy atom. The van der Waals surface area contributed by atoms with Gasteiger partial charge in [0.2, 0.25) is 0 Å². The summed E-state index contributed by atoms with van der Waals surface area (Å²) < 4.78 is 0. The van der Waals surface area contributed by atoms with Crippen LogP contribution in [0.15, 0.2) is 0 Å². The maximum atomic E-state index is 3.47. The molecule has 0 aromatic rings. The van der Waals surface area contributed by atoms with Crippen molar-refractivity contribution in [2.24, 2.45) is 5.92 Å². The van der Waals surface area contributed by atoms with E-state index in [-0.39, 0.29) is 14.9 Å². The molecule has 2 bridgehead atoms. The lowest BCUT2D eigenvalue weighted by Gasteiger charge is -2.35. The van der Waals surface area contributed by atoms with Crippen LogP contribution in [0.5, 0.6) is 0 Å². The minimum absolute atomic E-state index is 0. The molecule has 0 radical (unpaired) electrons. The topological polar surface area (TPSA) is 15.3 Å². The van der Waals surface area contributed by atoms with Gasteiger partial charge in [-0.1, -0.05) is 13.8 Å². The third kappa shape index (κ3) is 2.86. The van der Waals surface area contributed by atoms with Gasteiger partial charge < -0.3 is 0 Å². The van der Waals surface area contributed by atoms with Crippen LogP contribution in [0.2, 0.25) is 0 Å². The monoisotopic (exact) mass is 206 g/mol. The molecule has 1 N–H and O–H groups in total. The molecule has 1 saturated carbocycles. The lowest BCUT2D eigenvalue weighted by molar-refractivity contribution is 0.0893. The molecule has 2 rings (SSSR count). The van der Waals surface area contributed by atoms with E-state index in [0.717, 1.165) is 12.0 Å². The third-order valence-corrected chi connectivity index (χ3v) is 3.11. The minimum atomic E-state index is 0. The number of rotatable bonds is 0. The number of nitrogens with zero attached hydrogens (tertiary/aromatic N) is 1. The van der Waals surface area contributed by atoms with Crippen molar-refractivity contribution in [1.29, 1.82) is 0 Å². The van der Waals surface area contributed by atoms with Gasteiger partial charge in [0.25, 0.3) is 0 Å². The van der Waals surface area contributed by atoms with E-state index in [9.17, 15) is 0 Å². The van der Waals surface area contributed by atoms with Crippen LogP contribution in [0.4, 0.5) is 0 Å². The summed E-state index contributed by atoms with van der Waals surface area (Å²) >= 11 is 0. The summed E-state index contributed by atoms with van der Waals surface area (Å²) in [4.78, 5) is 0. The molecular formula is C10H26N2S. The molecule has 2 nitrogen and oxygen atoms in total. The van der Waals surface area contributed by atoms with Gasteiger partial charge in [-0.2, -0.15) is 13.5 Å². The van der Waals surface area contributed by atoms with Crippen LogP contribution in [0.3, 0.4) is 0 Å². The second kappa shape index (κ2) is 5.89. The van der Waals surface area contributed by atoms with Gasteiger partial charge in [0.1, 0.15) is 0 Å². The highest BCUT2D eigenvalue weighted by molar-refractivity contribution is 7.59. The average molecular weight is 206 g/mol. The predicted molar refractivity (Wildman–Crippen MR) is 65.3 cm³/mol. The number of fused-ring (bicyclic) bond motifs is 2. The summed E-state index contributed by atoms with van der Waals surface area (Å²) in [5.41, 5.74) is 3.47. The second-order valence-corrected chi connectivity index (χ2v) is 3.76. The van der Waals surface area contributed by atoms with Crippen LogP contribution in [0.25, 0.3) is 0 Å². The van der Waals surface area contributed by atoms with Gasteiger partial charge in [-0.25, -0.2) is 5.01 Å². The number of hydrogen-bond acceptors (Lipinski definition) is 2. The standard InChI is InChI=1S/C8H16N2.C2H6.H2S.H2/c1-6-7-3-4-8(5-7)10(2)9-6;1-2;;/h6-9H,3-5H2,1-2H3;1-2H3;1H2;1H/t6-,7?,8?;;;/m0.../s1. The summed E-state index contributed by atoms with van der Waals surface area (Å²) in [6.45, 7) is 6.29. The molecule has 82 valence electrons. The Kier molecular flexibility index (Phi) is 6.01. The molecule has 2 aliphatic rings. The molecule has 1 heterocycles. The fourth-order valence-corrected chi connectivity index (χ4v) is 2.33. The zero-order chi connectivity index (χ0) is 9.14. The van der Waals surface area contributed by atoms with E-state index in [1.54, 1.807) is 0 Å². The first-order valence-electron chi connectivity index (χ1n) is 5.26. The van der Waals surface area contributed by atoms with Crippen molar-refractivity contribution in [3.05, 3.63) is 0 Å². The van der Waals surface area contributed by atoms with Crippen molar-refractivity contribution in [2.75, 3.05) is 7.05 Å². The van der Waals surface area contributed by atoms with E-state index in [1.807, 2.05) is 13.8 Å². The largest absolute Gasteiger partial charge is 0.252 e. The van der Waals surface area contributed by atoms with Gasteiger partial charge >= 0.3 is 0 Å². The van der Waals surface area contributed by atoms with Gasteiger partial charge in [-0.15, -0.1) is 0 Å². The molecule has 0 aromatic carbocycles. The quantitative estimate of drug-likeness (QED) is 0.654.